The number of hydrogen-bond donors (Lipinski definition) is 1. The number of nitrogens with one attached hydrogen (secondary N) is 1. The Morgan fingerprint density at radius 2 is 1.71 bits per heavy atom. The highest BCUT2D eigenvalue weighted by Crippen LogP contribution is 2.43. The number of carbonyl (C=O) groups excluding carboxylic acids is 1. The normalized spacial score (nSPS) is 18.5. The van der Waals surface area contributed by atoms with E-state index in [2.05, 4.69) is 17.4 Å². The highest BCUT2D eigenvalue weighted by atomic mass is 32.2. The van der Waals surface area contributed by atoms with Crippen LogP contribution in [0.15, 0.2) is 47.4 Å². The van der Waals surface area contributed by atoms with Gasteiger partial charge in [0, 0.05) is 39.5 Å². The zero-order chi connectivity index (χ0) is 19.6. The summed E-state index contributed by atoms with van der Waals surface area (Å²) in [5, 5.41) is 3.12. The van der Waals surface area contributed by atoms with Crippen LogP contribution in [-0.4, -0.2) is 36.1 Å². The Balaban J connectivity index is 1.50. The number of rotatable bonds is 5. The van der Waals surface area contributed by atoms with Crippen molar-refractivity contribution in [3.8, 4) is 11.5 Å². The molecule has 1 heterocycles. The molecular formula is C22H25NO4S. The average molecular weight is 400 g/mol. The van der Waals surface area contributed by atoms with E-state index in [0.717, 1.165) is 42.1 Å². The van der Waals surface area contributed by atoms with Crippen molar-refractivity contribution < 1.29 is 18.5 Å². The molecule has 2 aromatic rings. The molecule has 1 atom stereocenters. The van der Waals surface area contributed by atoms with Crippen LogP contribution in [0.3, 0.4) is 0 Å². The molecule has 6 heteroatoms. The summed E-state index contributed by atoms with van der Waals surface area (Å²) in [4.78, 5) is 13.4. The van der Waals surface area contributed by atoms with Gasteiger partial charge in [0.25, 0.3) is 5.91 Å². The maximum atomic E-state index is 12.7. The van der Waals surface area contributed by atoms with Gasteiger partial charge in [0.2, 0.25) is 0 Å². The van der Waals surface area contributed by atoms with Crippen molar-refractivity contribution in [2.45, 2.75) is 36.0 Å². The van der Waals surface area contributed by atoms with E-state index in [1.54, 1.807) is 30.5 Å². The molecule has 28 heavy (non-hydrogen) atoms. The first-order chi connectivity index (χ1) is 13.6. The molecule has 2 aromatic carbocycles. The van der Waals surface area contributed by atoms with Crippen LogP contribution < -0.4 is 14.8 Å². The molecule has 1 aliphatic carbocycles. The lowest BCUT2D eigenvalue weighted by Gasteiger charge is -2.31. The average Bonchev–Trinajstić information content (AvgIpc) is 3.22. The van der Waals surface area contributed by atoms with Crippen molar-refractivity contribution in [3.63, 3.8) is 0 Å². The smallest absolute Gasteiger partial charge is 0.251 e. The summed E-state index contributed by atoms with van der Waals surface area (Å²) in [6, 6.07) is 13.1. The molecule has 1 amide bonds. The Kier molecular flexibility index (Phi) is 5.40. The SMILES string of the molecule is CS(=O)c1ccc(C(=O)NCC2(c3ccc4c(c3)OCCO4)CCCC2)cc1. The maximum Gasteiger partial charge on any atom is 0.251 e. The predicted molar refractivity (Wildman–Crippen MR) is 109 cm³/mol. The summed E-state index contributed by atoms with van der Waals surface area (Å²) in [7, 11) is -1.04. The summed E-state index contributed by atoms with van der Waals surface area (Å²) >= 11 is 0. The number of benzene rings is 2. The van der Waals surface area contributed by atoms with Gasteiger partial charge in [-0.2, -0.15) is 0 Å². The van der Waals surface area contributed by atoms with Gasteiger partial charge in [-0.25, -0.2) is 0 Å². The van der Waals surface area contributed by atoms with E-state index >= 15 is 0 Å². The molecule has 5 nitrogen and oxygen atoms in total. The molecule has 0 bridgehead atoms. The fourth-order valence-electron chi connectivity index (χ4n) is 4.14. The van der Waals surface area contributed by atoms with Crippen LogP contribution in [-0.2, 0) is 16.2 Å². The van der Waals surface area contributed by atoms with Gasteiger partial charge < -0.3 is 14.8 Å². The zero-order valence-corrected chi connectivity index (χ0v) is 16.8. The van der Waals surface area contributed by atoms with Crippen LogP contribution in [0.2, 0.25) is 0 Å². The largest absolute Gasteiger partial charge is 0.486 e. The second-order valence-electron chi connectivity index (χ2n) is 7.51. The van der Waals surface area contributed by atoms with Gasteiger partial charge in [0.1, 0.15) is 13.2 Å². The maximum absolute atomic E-state index is 12.7. The molecule has 1 N–H and O–H groups in total. The lowest BCUT2D eigenvalue weighted by atomic mass is 9.78. The molecule has 1 aliphatic heterocycles. The molecule has 148 valence electrons. The van der Waals surface area contributed by atoms with Gasteiger partial charge in [-0.3, -0.25) is 9.00 Å². The van der Waals surface area contributed by atoms with E-state index in [-0.39, 0.29) is 11.3 Å². The minimum Gasteiger partial charge on any atom is -0.486 e. The molecule has 0 spiro atoms. The third kappa shape index (κ3) is 3.78. The van der Waals surface area contributed by atoms with E-state index in [9.17, 15) is 9.00 Å². The van der Waals surface area contributed by atoms with Gasteiger partial charge in [0.05, 0.1) is 0 Å². The Bertz CT molecular complexity index is 888. The monoisotopic (exact) mass is 399 g/mol. The summed E-state index contributed by atoms with van der Waals surface area (Å²) in [5.74, 6) is 1.49. The van der Waals surface area contributed by atoms with Gasteiger partial charge in [0.15, 0.2) is 11.5 Å². The van der Waals surface area contributed by atoms with E-state index in [1.807, 2.05) is 6.07 Å². The number of hydrogen-bond acceptors (Lipinski definition) is 4. The first-order valence-electron chi connectivity index (χ1n) is 9.69. The van der Waals surface area contributed by atoms with Gasteiger partial charge in [-0.15, -0.1) is 0 Å². The Morgan fingerprint density at radius 1 is 1.04 bits per heavy atom. The standard InChI is InChI=1S/C22H25NO4S/c1-28(25)18-7-4-16(5-8-18)21(24)23-15-22(10-2-3-11-22)17-6-9-19-20(14-17)27-13-12-26-19/h4-9,14H,2-3,10-13,15H2,1H3,(H,23,24). The van der Waals surface area contributed by atoms with Crippen molar-refractivity contribution in [2.24, 2.45) is 0 Å². The minimum atomic E-state index is -1.04. The van der Waals surface area contributed by atoms with Gasteiger partial charge >= 0.3 is 0 Å². The fraction of sp³-hybridized carbons (Fsp3) is 0.409. The minimum absolute atomic E-state index is 0.0731. The lowest BCUT2D eigenvalue weighted by molar-refractivity contribution is 0.0943. The predicted octanol–water partition coefficient (Wildman–Crippen LogP) is 3.44. The van der Waals surface area contributed by atoms with Crippen molar-refractivity contribution in [1.82, 2.24) is 5.32 Å². The molecule has 0 aromatic heterocycles. The molecular weight excluding hydrogens is 374 g/mol. The number of amides is 1. The number of fused-ring (bicyclic) bond motifs is 1. The van der Waals surface area contributed by atoms with Crippen molar-refractivity contribution in [1.29, 1.82) is 0 Å². The molecule has 1 unspecified atom stereocenters. The van der Waals surface area contributed by atoms with Crippen LogP contribution in [0.1, 0.15) is 41.6 Å². The zero-order valence-electron chi connectivity index (χ0n) is 16.0. The third-order valence-electron chi connectivity index (χ3n) is 5.75. The second-order valence-corrected chi connectivity index (χ2v) is 8.89. The van der Waals surface area contributed by atoms with Crippen LogP contribution in [0.4, 0.5) is 0 Å². The summed E-state index contributed by atoms with van der Waals surface area (Å²) in [5.41, 5.74) is 1.71. The molecule has 4 rings (SSSR count). The molecule has 1 fully saturated rings. The molecule has 2 aliphatic rings. The van der Waals surface area contributed by atoms with Gasteiger partial charge in [-0.1, -0.05) is 18.9 Å². The van der Waals surface area contributed by atoms with E-state index in [4.69, 9.17) is 9.47 Å². The fourth-order valence-corrected chi connectivity index (χ4v) is 4.66. The first kappa shape index (κ1) is 19.0. The highest BCUT2D eigenvalue weighted by Gasteiger charge is 2.36. The number of ether oxygens (including phenoxy) is 2. The Hall–Kier alpha value is -2.34. The lowest BCUT2D eigenvalue weighted by Crippen LogP contribution is -2.39. The van der Waals surface area contributed by atoms with Crippen LogP contribution >= 0.6 is 0 Å². The molecule has 0 radical (unpaired) electrons. The van der Waals surface area contributed by atoms with Gasteiger partial charge in [-0.05, 0) is 54.8 Å². The second kappa shape index (κ2) is 7.95. The van der Waals surface area contributed by atoms with Crippen LogP contribution in [0.25, 0.3) is 0 Å². The van der Waals surface area contributed by atoms with E-state index in [1.165, 1.54) is 5.56 Å². The summed E-state index contributed by atoms with van der Waals surface area (Å²) < 4.78 is 22.9. The molecule has 1 saturated carbocycles. The van der Waals surface area contributed by atoms with Crippen molar-refractivity contribution in [3.05, 3.63) is 53.6 Å². The summed E-state index contributed by atoms with van der Waals surface area (Å²) in [6.45, 7) is 1.74. The van der Waals surface area contributed by atoms with Crippen molar-refractivity contribution in [2.75, 3.05) is 26.0 Å². The van der Waals surface area contributed by atoms with Crippen molar-refractivity contribution >= 4 is 16.7 Å². The Labute approximate surface area is 167 Å². The van der Waals surface area contributed by atoms with Crippen LogP contribution in [0, 0.1) is 0 Å². The topological polar surface area (TPSA) is 64.6 Å². The molecule has 0 saturated heterocycles. The van der Waals surface area contributed by atoms with E-state index < -0.39 is 10.8 Å². The third-order valence-corrected chi connectivity index (χ3v) is 6.69. The quantitative estimate of drug-likeness (QED) is 0.837. The van der Waals surface area contributed by atoms with E-state index in [0.29, 0.717) is 25.3 Å². The Morgan fingerprint density at radius 3 is 2.39 bits per heavy atom. The highest BCUT2D eigenvalue weighted by molar-refractivity contribution is 7.84. The first-order valence-corrected chi connectivity index (χ1v) is 11.3. The van der Waals surface area contributed by atoms with Crippen LogP contribution in [0.5, 0.6) is 11.5 Å². The summed E-state index contributed by atoms with van der Waals surface area (Å²) in [6.07, 6.45) is 6.02. The number of carbonyl (C=O) groups is 1.